The van der Waals surface area contributed by atoms with E-state index in [1.165, 1.54) is 0 Å². The summed E-state index contributed by atoms with van der Waals surface area (Å²) >= 11 is 0. The molecule has 0 radical (unpaired) electrons. The summed E-state index contributed by atoms with van der Waals surface area (Å²) in [6.45, 7) is 6.70. The molecule has 0 fully saturated rings. The Kier molecular flexibility index (Phi) is 6.19. The van der Waals surface area contributed by atoms with E-state index in [9.17, 15) is 4.79 Å². The highest BCUT2D eigenvalue weighted by Gasteiger charge is 2.19. The lowest BCUT2D eigenvalue weighted by Crippen LogP contribution is -2.39. The first kappa shape index (κ1) is 15.3. The van der Waals surface area contributed by atoms with Crippen molar-refractivity contribution in [2.24, 2.45) is 5.92 Å². The molecule has 0 saturated heterocycles. The molecule has 4 nitrogen and oxygen atoms in total. The fourth-order valence-corrected chi connectivity index (χ4v) is 1.61. The number of ether oxygens (including phenoxy) is 2. The minimum absolute atomic E-state index is 0.0814. The first-order valence-corrected chi connectivity index (χ1v) is 6.65. The Balaban J connectivity index is 2.68. The van der Waals surface area contributed by atoms with Crippen molar-refractivity contribution in [2.45, 2.75) is 33.3 Å². The summed E-state index contributed by atoms with van der Waals surface area (Å²) in [6, 6.07) is 7.34. The Morgan fingerprint density at radius 3 is 2.42 bits per heavy atom. The van der Waals surface area contributed by atoms with Crippen LogP contribution < -0.4 is 14.8 Å². The van der Waals surface area contributed by atoms with E-state index in [-0.39, 0.29) is 5.91 Å². The minimum Gasteiger partial charge on any atom is -0.493 e. The predicted octanol–water partition coefficient (Wildman–Crippen LogP) is 2.62. The maximum atomic E-state index is 12.0. The molecule has 106 valence electrons. The van der Waals surface area contributed by atoms with Crippen molar-refractivity contribution < 1.29 is 14.3 Å². The lowest BCUT2D eigenvalue weighted by molar-refractivity contribution is -0.128. The van der Waals surface area contributed by atoms with Gasteiger partial charge in [0, 0.05) is 6.54 Å². The summed E-state index contributed by atoms with van der Waals surface area (Å²) in [5, 5.41) is 2.89. The van der Waals surface area contributed by atoms with E-state index in [0.29, 0.717) is 30.4 Å². The lowest BCUT2D eigenvalue weighted by atomic mass is 10.2. The molecule has 0 saturated carbocycles. The maximum Gasteiger partial charge on any atom is 0.261 e. The van der Waals surface area contributed by atoms with Gasteiger partial charge in [-0.15, -0.1) is 0 Å². The van der Waals surface area contributed by atoms with Crippen LogP contribution in [0.5, 0.6) is 11.5 Å². The van der Waals surface area contributed by atoms with Gasteiger partial charge in [0.2, 0.25) is 0 Å². The molecule has 0 bridgehead atoms. The maximum absolute atomic E-state index is 12.0. The number of hydrogen-bond acceptors (Lipinski definition) is 3. The molecule has 1 amide bonds. The molecule has 0 spiro atoms. The number of rotatable bonds is 7. The number of carbonyl (C=O) groups excluding carboxylic acids is 1. The molecular weight excluding hydrogens is 242 g/mol. The topological polar surface area (TPSA) is 47.6 Å². The molecule has 4 heteroatoms. The van der Waals surface area contributed by atoms with Gasteiger partial charge in [-0.05, 0) is 24.5 Å². The fraction of sp³-hybridized carbons (Fsp3) is 0.533. The van der Waals surface area contributed by atoms with Gasteiger partial charge in [0.05, 0.1) is 7.11 Å². The summed E-state index contributed by atoms with van der Waals surface area (Å²) in [4.78, 5) is 12.0. The van der Waals surface area contributed by atoms with Crippen molar-refractivity contribution in [3.63, 3.8) is 0 Å². The second-order valence-corrected chi connectivity index (χ2v) is 4.80. The minimum atomic E-state index is -0.491. The Morgan fingerprint density at radius 2 is 1.89 bits per heavy atom. The van der Waals surface area contributed by atoms with Crippen molar-refractivity contribution >= 4 is 5.91 Å². The van der Waals surface area contributed by atoms with Gasteiger partial charge in [-0.1, -0.05) is 32.9 Å². The van der Waals surface area contributed by atoms with Gasteiger partial charge in [0.15, 0.2) is 17.6 Å². The second-order valence-electron chi connectivity index (χ2n) is 4.80. The van der Waals surface area contributed by atoms with E-state index < -0.39 is 6.10 Å². The van der Waals surface area contributed by atoms with Gasteiger partial charge < -0.3 is 14.8 Å². The zero-order valence-electron chi connectivity index (χ0n) is 12.1. The van der Waals surface area contributed by atoms with Crippen LogP contribution in [0.3, 0.4) is 0 Å². The first-order valence-electron chi connectivity index (χ1n) is 6.65. The molecule has 1 unspecified atom stereocenters. The largest absolute Gasteiger partial charge is 0.493 e. The van der Waals surface area contributed by atoms with Crippen LogP contribution in [0.25, 0.3) is 0 Å². The van der Waals surface area contributed by atoms with Crippen LogP contribution in [0.2, 0.25) is 0 Å². The third-order valence-corrected chi connectivity index (χ3v) is 2.69. The molecule has 19 heavy (non-hydrogen) atoms. The van der Waals surface area contributed by atoms with Gasteiger partial charge in [-0.2, -0.15) is 0 Å². The van der Waals surface area contributed by atoms with E-state index in [2.05, 4.69) is 19.2 Å². The number of methoxy groups -OCH3 is 1. The zero-order chi connectivity index (χ0) is 14.3. The van der Waals surface area contributed by atoms with E-state index in [1.807, 2.05) is 25.1 Å². The quantitative estimate of drug-likeness (QED) is 0.824. The summed E-state index contributed by atoms with van der Waals surface area (Å²) in [7, 11) is 1.59. The predicted molar refractivity (Wildman–Crippen MR) is 75.5 cm³/mol. The number of nitrogens with one attached hydrogen (secondary N) is 1. The molecule has 0 aromatic heterocycles. The van der Waals surface area contributed by atoms with Crippen molar-refractivity contribution in [1.29, 1.82) is 0 Å². The standard InChI is InChI=1S/C15H23NO3/c1-5-12(15(17)16-10-11(2)3)19-14-9-7-6-8-13(14)18-4/h6-9,11-12H,5,10H2,1-4H3,(H,16,17). The Bertz CT molecular complexity index is 404. The van der Waals surface area contributed by atoms with Gasteiger partial charge in [-0.3, -0.25) is 4.79 Å². The average Bonchev–Trinajstić information content (AvgIpc) is 2.42. The van der Waals surface area contributed by atoms with Gasteiger partial charge >= 0.3 is 0 Å². The molecule has 0 aliphatic rings. The number of amides is 1. The highest BCUT2D eigenvalue weighted by Crippen LogP contribution is 2.27. The number of para-hydroxylation sites is 2. The molecule has 1 rings (SSSR count). The second kappa shape index (κ2) is 7.67. The highest BCUT2D eigenvalue weighted by molar-refractivity contribution is 5.81. The van der Waals surface area contributed by atoms with E-state index in [1.54, 1.807) is 13.2 Å². The molecule has 0 heterocycles. The van der Waals surface area contributed by atoms with Crippen LogP contribution in [0.4, 0.5) is 0 Å². The molecule has 1 N–H and O–H groups in total. The average molecular weight is 265 g/mol. The molecule has 0 aliphatic heterocycles. The summed E-state index contributed by atoms with van der Waals surface area (Å²) in [5.41, 5.74) is 0. The molecule has 1 atom stereocenters. The van der Waals surface area contributed by atoms with Crippen LogP contribution in [0.15, 0.2) is 24.3 Å². The van der Waals surface area contributed by atoms with Crippen LogP contribution in [0, 0.1) is 5.92 Å². The monoisotopic (exact) mass is 265 g/mol. The molecule has 1 aromatic rings. The van der Waals surface area contributed by atoms with Gasteiger partial charge in [0.1, 0.15) is 0 Å². The highest BCUT2D eigenvalue weighted by atomic mass is 16.5. The lowest BCUT2D eigenvalue weighted by Gasteiger charge is -2.19. The normalized spacial score (nSPS) is 12.1. The number of benzene rings is 1. The fourth-order valence-electron chi connectivity index (χ4n) is 1.61. The zero-order valence-corrected chi connectivity index (χ0v) is 12.1. The number of hydrogen-bond donors (Lipinski definition) is 1. The summed E-state index contributed by atoms with van der Waals surface area (Å²) in [6.07, 6.45) is 0.122. The first-order chi connectivity index (χ1) is 9.08. The van der Waals surface area contributed by atoms with E-state index in [4.69, 9.17) is 9.47 Å². The SMILES string of the molecule is CCC(Oc1ccccc1OC)C(=O)NCC(C)C. The van der Waals surface area contributed by atoms with Gasteiger partial charge in [-0.25, -0.2) is 0 Å². The smallest absolute Gasteiger partial charge is 0.261 e. The van der Waals surface area contributed by atoms with Gasteiger partial charge in [0.25, 0.3) is 5.91 Å². The van der Waals surface area contributed by atoms with Crippen molar-refractivity contribution in [3.05, 3.63) is 24.3 Å². The summed E-state index contributed by atoms with van der Waals surface area (Å²) < 4.78 is 11.0. The Labute approximate surface area is 115 Å². The van der Waals surface area contributed by atoms with Crippen molar-refractivity contribution in [3.8, 4) is 11.5 Å². The Hall–Kier alpha value is -1.71. The molecular formula is C15H23NO3. The Morgan fingerprint density at radius 1 is 1.26 bits per heavy atom. The third kappa shape index (κ3) is 4.81. The van der Waals surface area contributed by atoms with E-state index in [0.717, 1.165) is 0 Å². The molecule has 0 aliphatic carbocycles. The number of carbonyl (C=O) groups is 1. The molecule has 1 aromatic carbocycles. The van der Waals surface area contributed by atoms with E-state index >= 15 is 0 Å². The third-order valence-electron chi connectivity index (χ3n) is 2.69. The summed E-state index contributed by atoms with van der Waals surface area (Å²) in [5.74, 6) is 1.57. The van der Waals surface area contributed by atoms with Crippen LogP contribution in [-0.4, -0.2) is 25.7 Å². The van der Waals surface area contributed by atoms with Crippen molar-refractivity contribution in [1.82, 2.24) is 5.32 Å². The van der Waals surface area contributed by atoms with Crippen LogP contribution in [0.1, 0.15) is 27.2 Å². The van der Waals surface area contributed by atoms with Crippen LogP contribution >= 0.6 is 0 Å². The van der Waals surface area contributed by atoms with Crippen molar-refractivity contribution in [2.75, 3.05) is 13.7 Å². The van der Waals surface area contributed by atoms with Crippen LogP contribution in [-0.2, 0) is 4.79 Å².